The van der Waals surface area contributed by atoms with Gasteiger partial charge < -0.3 is 0 Å². The Morgan fingerprint density at radius 3 is 1.08 bits per heavy atom. The van der Waals surface area contributed by atoms with Crippen molar-refractivity contribution >= 4 is 32.2 Å². The summed E-state index contributed by atoms with van der Waals surface area (Å²) >= 11 is -4.05. The molecule has 6 aromatic carbocycles. The number of benzene rings is 6. The Morgan fingerprint density at radius 1 is 0.429 bits per heavy atom. The molecule has 0 spiro atoms. The first-order chi connectivity index (χ1) is 28.7. The number of hydrogen-bond donors (Lipinski definition) is 0. The van der Waals surface area contributed by atoms with Crippen LogP contribution in [0, 0.1) is 0 Å². The van der Waals surface area contributed by atoms with Gasteiger partial charge in [-0.15, -0.1) is 24.8 Å². The molecule has 2 aliphatic rings. The van der Waals surface area contributed by atoms with Crippen molar-refractivity contribution in [2.75, 3.05) is 0 Å². The Morgan fingerprint density at radius 2 is 0.762 bits per heavy atom. The van der Waals surface area contributed by atoms with Crippen LogP contribution >= 0.6 is 24.8 Å². The number of allylic oxidation sites excluding steroid dienone is 4. The van der Waals surface area contributed by atoms with Gasteiger partial charge in [-0.2, -0.15) is 0 Å². The van der Waals surface area contributed by atoms with E-state index in [-0.39, 0.29) is 50.1 Å². The van der Waals surface area contributed by atoms with Gasteiger partial charge in [0.15, 0.2) is 0 Å². The molecule has 0 fully saturated rings. The molecule has 0 saturated carbocycles. The van der Waals surface area contributed by atoms with Crippen LogP contribution in [0.5, 0.6) is 0 Å². The van der Waals surface area contributed by atoms with Gasteiger partial charge in [-0.25, -0.2) is 0 Å². The molecule has 63 heavy (non-hydrogen) atoms. The summed E-state index contributed by atoms with van der Waals surface area (Å²) in [5.41, 5.74) is 19.4. The predicted octanol–water partition coefficient (Wildman–Crippen LogP) is 16.8. The zero-order valence-corrected chi connectivity index (χ0v) is 43.8. The van der Waals surface area contributed by atoms with Crippen LogP contribution in [0.1, 0.15) is 138 Å². The van der Waals surface area contributed by atoms with Crippen molar-refractivity contribution in [3.05, 3.63) is 199 Å². The second kappa shape index (κ2) is 18.1. The van der Waals surface area contributed by atoms with Gasteiger partial charge in [0.2, 0.25) is 0 Å². The molecule has 0 bridgehead atoms. The maximum atomic E-state index is 2.83. The molecule has 0 amide bonds. The number of halogens is 2. The van der Waals surface area contributed by atoms with E-state index in [4.69, 9.17) is 0 Å². The second-order valence-corrected chi connectivity index (χ2v) is 30.9. The van der Waals surface area contributed by atoms with E-state index >= 15 is 0 Å². The van der Waals surface area contributed by atoms with Gasteiger partial charge in [-0.3, -0.25) is 0 Å². The summed E-state index contributed by atoms with van der Waals surface area (Å²) in [7, 11) is 0. The summed E-state index contributed by atoms with van der Waals surface area (Å²) in [5, 5.41) is 0. The largest absolute Gasteiger partial charge is 0.147 e. The molecule has 0 N–H and O–H groups in total. The van der Waals surface area contributed by atoms with Crippen molar-refractivity contribution in [3.8, 4) is 33.4 Å². The van der Waals surface area contributed by atoms with Crippen LogP contribution in [-0.2, 0) is 41.0 Å². The maximum absolute atomic E-state index is 4.05. The van der Waals surface area contributed by atoms with Crippen molar-refractivity contribution in [2.45, 2.75) is 115 Å². The summed E-state index contributed by atoms with van der Waals surface area (Å²) in [6.45, 7) is 28.9. The molecule has 3 heteroatoms. The van der Waals surface area contributed by atoms with E-state index in [1.165, 1.54) is 77.9 Å². The Bertz CT molecular complexity index is 2610. The summed E-state index contributed by atoms with van der Waals surface area (Å²) in [6.07, 6.45) is 8.25. The summed E-state index contributed by atoms with van der Waals surface area (Å²) in [4.78, 5) is 0. The topological polar surface area (TPSA) is 0 Å². The third-order valence-electron chi connectivity index (χ3n) is 13.2. The molecule has 0 aliphatic heterocycles. The van der Waals surface area contributed by atoms with Crippen LogP contribution < -0.4 is 0 Å². The van der Waals surface area contributed by atoms with Gasteiger partial charge in [-0.05, 0) is 0 Å². The van der Waals surface area contributed by atoms with E-state index in [9.17, 15) is 0 Å². The van der Waals surface area contributed by atoms with Gasteiger partial charge in [0.05, 0.1) is 0 Å². The van der Waals surface area contributed by atoms with E-state index in [1.54, 1.807) is 3.28 Å². The monoisotopic (exact) mass is 948 g/mol. The molecule has 2 aliphatic carbocycles. The van der Waals surface area contributed by atoms with Gasteiger partial charge in [-0.1, -0.05) is 0 Å². The number of rotatable bonds is 6. The molecular weight excluding hydrogens is 883 g/mol. The van der Waals surface area contributed by atoms with E-state index < -0.39 is 19.3 Å². The molecule has 8 rings (SSSR count). The van der Waals surface area contributed by atoms with Crippen molar-refractivity contribution in [1.82, 2.24) is 0 Å². The van der Waals surface area contributed by atoms with Crippen molar-refractivity contribution in [1.29, 1.82) is 0 Å². The molecule has 6 aromatic rings. The van der Waals surface area contributed by atoms with Crippen LogP contribution in [0.15, 0.2) is 155 Å². The van der Waals surface area contributed by atoms with Crippen LogP contribution in [0.25, 0.3) is 33.4 Å². The fourth-order valence-corrected chi connectivity index (χ4v) is 22.4. The van der Waals surface area contributed by atoms with E-state index in [1.807, 2.05) is 0 Å². The first kappa shape index (κ1) is 48.5. The van der Waals surface area contributed by atoms with Crippen LogP contribution in [0.3, 0.4) is 0 Å². The number of fused-ring (bicyclic) bond motifs is 3. The zero-order valence-electron chi connectivity index (χ0n) is 39.7. The molecule has 0 saturated heterocycles. The van der Waals surface area contributed by atoms with Crippen molar-refractivity contribution in [2.24, 2.45) is 0 Å². The van der Waals surface area contributed by atoms with Gasteiger partial charge in [0.1, 0.15) is 0 Å². The Kier molecular flexibility index (Phi) is 13.9. The Hall–Kier alpha value is -4.00. The van der Waals surface area contributed by atoms with Crippen LogP contribution in [0.2, 0.25) is 0 Å². The Balaban J connectivity index is 0.00000330. The SMILES string of the molecule is CC(C)(C)c1cc2c(cc1C(C)(C)C)[CH]([Zr](=[CH]c1ccc(-c3ccccc3)cc1)(=[CH]c1ccc(-c3ccccc3)cc1)[C]1=CC=CC1)c1cc(C(C)(C)C)c(C(C)(C)C)cc1-2.Cl.Cl. The first-order valence-electron chi connectivity index (χ1n) is 22.5. The molecule has 0 heterocycles. The average molecular weight is 951 g/mol. The van der Waals surface area contributed by atoms with Gasteiger partial charge >= 0.3 is 374 Å². The molecule has 0 unspecified atom stereocenters. The molecule has 0 radical (unpaired) electrons. The summed E-state index contributed by atoms with van der Waals surface area (Å²) in [6, 6.07) is 51.2. The quantitative estimate of drug-likeness (QED) is 0.156. The van der Waals surface area contributed by atoms with E-state index in [2.05, 4.69) is 242 Å². The molecule has 0 aromatic heterocycles. The summed E-state index contributed by atoms with van der Waals surface area (Å²) < 4.78 is 7.53. The molecule has 326 valence electrons. The predicted molar refractivity (Wildman–Crippen MR) is 279 cm³/mol. The average Bonchev–Trinajstić information content (AvgIpc) is 3.87. The number of hydrogen-bond acceptors (Lipinski definition) is 0. The first-order valence-corrected chi connectivity index (χ1v) is 28.0. The minimum Gasteiger partial charge on any atom is -0.147 e. The third kappa shape index (κ3) is 9.69. The van der Waals surface area contributed by atoms with E-state index in [0.29, 0.717) is 0 Å². The molecule has 0 nitrogen and oxygen atoms in total. The standard InChI is InChI=1S/C29H41.2C13H10.C5H5.2ClH.Zr/c1-26(2,3)22-14-18-13-19-15-23(27(4,5)6)25(29(10,11)12)17-21(19)20(18)16-24(22)28(7,8)9;2*1-11-7-9-13(10-8-11)12-5-3-2-4-6-12;1-2-4-5-3-1;;;/h13-17H,1-12H3;2*1-10H;1-3H,4H2;2*1H;. The maximum Gasteiger partial charge on any atom is -0.147 e. The van der Waals surface area contributed by atoms with Crippen LogP contribution in [-0.4, -0.2) is 7.42 Å². The van der Waals surface area contributed by atoms with Crippen LogP contribution in [0.4, 0.5) is 0 Å². The van der Waals surface area contributed by atoms with Gasteiger partial charge in [0, 0.05) is 0 Å². The second-order valence-electron chi connectivity index (χ2n) is 21.9. The Labute approximate surface area is 396 Å². The zero-order chi connectivity index (χ0) is 43.5. The third-order valence-corrected chi connectivity index (χ3v) is 24.7. The molecule has 0 atom stereocenters. The fraction of sp³-hybridized carbons (Fsp3) is 0.300. The smallest absolute Gasteiger partial charge is 0.147 e. The normalized spacial score (nSPS) is 13.7. The fourth-order valence-electron chi connectivity index (χ4n) is 10.0. The van der Waals surface area contributed by atoms with Crippen molar-refractivity contribution < 1.29 is 19.3 Å². The molecular formula is C60H68Cl2Zr. The van der Waals surface area contributed by atoms with Gasteiger partial charge in [0.25, 0.3) is 0 Å². The minimum absolute atomic E-state index is 0. The summed E-state index contributed by atoms with van der Waals surface area (Å²) in [5.74, 6) is 0. The minimum atomic E-state index is -4.05. The van der Waals surface area contributed by atoms with Crippen molar-refractivity contribution in [3.63, 3.8) is 0 Å². The van der Waals surface area contributed by atoms with E-state index in [0.717, 1.165) is 6.42 Å².